The molecule has 5 nitrogen and oxygen atoms in total. The van der Waals surface area contributed by atoms with Crippen molar-refractivity contribution in [3.63, 3.8) is 0 Å². The Kier molecular flexibility index (Phi) is 7.50. The molecule has 1 aromatic rings. The van der Waals surface area contributed by atoms with Crippen molar-refractivity contribution >= 4 is 39.5 Å². The van der Waals surface area contributed by atoms with Crippen molar-refractivity contribution in [2.75, 3.05) is 0 Å². The minimum absolute atomic E-state index is 0.104. The van der Waals surface area contributed by atoms with E-state index in [0.29, 0.717) is 10.4 Å². The van der Waals surface area contributed by atoms with Gasteiger partial charge in [0, 0.05) is 30.1 Å². The van der Waals surface area contributed by atoms with Gasteiger partial charge in [-0.05, 0) is 23.6 Å². The van der Waals surface area contributed by atoms with Crippen LogP contribution in [-0.4, -0.2) is 30.3 Å². The van der Waals surface area contributed by atoms with Crippen molar-refractivity contribution in [2.24, 2.45) is 5.92 Å². The molecule has 1 heterocycles. The second-order valence-electron chi connectivity index (χ2n) is 6.50. The van der Waals surface area contributed by atoms with Gasteiger partial charge < -0.3 is 14.2 Å². The number of hydrogen-bond donors (Lipinski definition) is 0. The van der Waals surface area contributed by atoms with Crippen LogP contribution in [0, 0.1) is 5.92 Å². The van der Waals surface area contributed by atoms with E-state index in [9.17, 15) is 9.59 Å². The summed E-state index contributed by atoms with van der Waals surface area (Å²) in [7, 11) is 0. The predicted octanol–water partition coefficient (Wildman–Crippen LogP) is 4.58. The first kappa shape index (κ1) is 21.2. The molecule has 26 heavy (non-hydrogen) atoms. The van der Waals surface area contributed by atoms with Gasteiger partial charge in [-0.2, -0.15) is 0 Å². The molecular weight excluding hydrogens is 424 g/mol. The van der Waals surface area contributed by atoms with E-state index < -0.39 is 30.3 Å². The SMILES string of the molecule is CC[C@H]1O[C@@H](c2ccc(Cl)c(CBr)c2)[C@H](OC(C)=O)[C@@H](OC(C)=O)[C@@H]1C. The Morgan fingerprint density at radius 2 is 1.81 bits per heavy atom. The molecule has 0 aromatic heterocycles. The maximum Gasteiger partial charge on any atom is 0.303 e. The summed E-state index contributed by atoms with van der Waals surface area (Å²) < 4.78 is 17.4. The van der Waals surface area contributed by atoms with Gasteiger partial charge in [0.15, 0.2) is 6.10 Å². The molecule has 0 aliphatic carbocycles. The van der Waals surface area contributed by atoms with Crippen LogP contribution in [0.1, 0.15) is 51.3 Å². The molecule has 7 heteroatoms. The summed E-state index contributed by atoms with van der Waals surface area (Å²) in [6, 6.07) is 5.57. The van der Waals surface area contributed by atoms with Gasteiger partial charge in [0.1, 0.15) is 12.2 Å². The molecule has 1 aliphatic heterocycles. The van der Waals surface area contributed by atoms with Crippen LogP contribution in [0.25, 0.3) is 0 Å². The van der Waals surface area contributed by atoms with E-state index >= 15 is 0 Å². The Morgan fingerprint density at radius 3 is 2.35 bits per heavy atom. The first-order valence-corrected chi connectivity index (χ1v) is 10.1. The lowest BCUT2D eigenvalue weighted by molar-refractivity contribution is -0.225. The van der Waals surface area contributed by atoms with Crippen LogP contribution in [0.2, 0.25) is 5.02 Å². The van der Waals surface area contributed by atoms with Gasteiger partial charge in [-0.3, -0.25) is 9.59 Å². The maximum atomic E-state index is 11.7. The lowest BCUT2D eigenvalue weighted by Gasteiger charge is -2.44. The van der Waals surface area contributed by atoms with Crippen LogP contribution in [-0.2, 0) is 29.1 Å². The summed E-state index contributed by atoms with van der Waals surface area (Å²) in [5.74, 6) is -0.961. The maximum absolute atomic E-state index is 11.7. The van der Waals surface area contributed by atoms with E-state index in [-0.39, 0.29) is 12.0 Å². The van der Waals surface area contributed by atoms with Gasteiger partial charge in [-0.25, -0.2) is 0 Å². The van der Waals surface area contributed by atoms with E-state index in [0.717, 1.165) is 17.5 Å². The van der Waals surface area contributed by atoms with Crippen LogP contribution < -0.4 is 0 Å². The second-order valence-corrected chi connectivity index (χ2v) is 7.46. The summed E-state index contributed by atoms with van der Waals surface area (Å²) in [5, 5.41) is 1.23. The van der Waals surface area contributed by atoms with Crippen molar-refractivity contribution in [3.8, 4) is 0 Å². The van der Waals surface area contributed by atoms with Crippen molar-refractivity contribution in [2.45, 2.75) is 63.9 Å². The Bertz CT molecular complexity index is 665. The molecule has 2 rings (SSSR count). The second kappa shape index (κ2) is 9.20. The molecule has 5 atom stereocenters. The van der Waals surface area contributed by atoms with E-state index in [4.69, 9.17) is 25.8 Å². The number of hydrogen-bond acceptors (Lipinski definition) is 5. The van der Waals surface area contributed by atoms with E-state index in [1.54, 1.807) is 6.07 Å². The van der Waals surface area contributed by atoms with E-state index in [1.165, 1.54) is 13.8 Å². The fourth-order valence-corrected chi connectivity index (χ4v) is 4.18. The van der Waals surface area contributed by atoms with Gasteiger partial charge >= 0.3 is 11.9 Å². The molecule has 0 saturated carbocycles. The van der Waals surface area contributed by atoms with Gasteiger partial charge in [-0.15, -0.1) is 0 Å². The average Bonchev–Trinajstić information content (AvgIpc) is 2.58. The molecule has 1 fully saturated rings. The highest BCUT2D eigenvalue weighted by molar-refractivity contribution is 9.08. The third kappa shape index (κ3) is 4.78. The van der Waals surface area contributed by atoms with Crippen molar-refractivity contribution < 1.29 is 23.8 Å². The van der Waals surface area contributed by atoms with Crippen LogP contribution in [0.3, 0.4) is 0 Å². The highest BCUT2D eigenvalue weighted by Crippen LogP contribution is 2.40. The average molecular weight is 448 g/mol. The first-order chi connectivity index (χ1) is 12.3. The number of alkyl halides is 1. The Morgan fingerprint density at radius 1 is 1.19 bits per heavy atom. The minimum Gasteiger partial charge on any atom is -0.458 e. The number of ether oxygens (including phenoxy) is 3. The fourth-order valence-electron chi connectivity index (χ4n) is 3.37. The number of carbonyl (C=O) groups is 2. The monoisotopic (exact) mass is 446 g/mol. The number of halogens is 2. The van der Waals surface area contributed by atoms with Crippen molar-refractivity contribution in [1.82, 2.24) is 0 Å². The zero-order valence-corrected chi connectivity index (χ0v) is 17.7. The highest BCUT2D eigenvalue weighted by atomic mass is 79.9. The molecule has 0 unspecified atom stereocenters. The number of benzene rings is 1. The third-order valence-corrected chi connectivity index (χ3v) is 5.57. The minimum atomic E-state index is -0.724. The van der Waals surface area contributed by atoms with Crippen molar-refractivity contribution in [3.05, 3.63) is 34.3 Å². The molecule has 1 aromatic carbocycles. The van der Waals surface area contributed by atoms with Gasteiger partial charge in [0.25, 0.3) is 0 Å². The number of esters is 2. The van der Waals surface area contributed by atoms with Gasteiger partial charge in [-0.1, -0.05) is 53.5 Å². The fraction of sp³-hybridized carbons (Fsp3) is 0.579. The topological polar surface area (TPSA) is 61.8 Å². The molecule has 0 radical (unpaired) electrons. The number of carbonyl (C=O) groups excluding carboxylic acids is 2. The standard InChI is InChI=1S/C19H24BrClO5/c1-5-16-10(2)17(24-11(3)22)19(25-12(4)23)18(26-16)13-6-7-15(21)14(8-13)9-20/h6-8,10,16-19H,5,9H2,1-4H3/t10-,16-,17+,18+,19-/m1/s1. The largest absolute Gasteiger partial charge is 0.458 e. The van der Waals surface area contributed by atoms with Crippen LogP contribution in [0.4, 0.5) is 0 Å². The summed E-state index contributed by atoms with van der Waals surface area (Å²) in [4.78, 5) is 23.4. The van der Waals surface area contributed by atoms with Crippen LogP contribution >= 0.6 is 27.5 Å². The summed E-state index contributed by atoms with van der Waals surface area (Å²) in [6.45, 7) is 6.65. The van der Waals surface area contributed by atoms with E-state index in [1.807, 2.05) is 26.0 Å². The molecule has 144 valence electrons. The zero-order valence-electron chi connectivity index (χ0n) is 15.3. The van der Waals surface area contributed by atoms with Gasteiger partial charge in [0.2, 0.25) is 0 Å². The predicted molar refractivity (Wildman–Crippen MR) is 102 cm³/mol. The Hall–Kier alpha value is -1.11. The molecule has 0 bridgehead atoms. The molecule has 0 spiro atoms. The third-order valence-electron chi connectivity index (χ3n) is 4.60. The van der Waals surface area contributed by atoms with Crippen molar-refractivity contribution in [1.29, 1.82) is 0 Å². The molecule has 1 aliphatic rings. The normalized spacial score (nSPS) is 28.5. The van der Waals surface area contributed by atoms with Crippen LogP contribution in [0.5, 0.6) is 0 Å². The smallest absolute Gasteiger partial charge is 0.303 e. The Balaban J connectivity index is 2.47. The molecule has 0 amide bonds. The lowest BCUT2D eigenvalue weighted by Crippen LogP contribution is -2.52. The summed E-state index contributed by atoms with van der Waals surface area (Å²) in [5.41, 5.74) is 1.74. The zero-order chi connectivity index (χ0) is 19.4. The Labute approximate surface area is 167 Å². The van der Waals surface area contributed by atoms with Gasteiger partial charge in [0.05, 0.1) is 6.10 Å². The first-order valence-electron chi connectivity index (χ1n) is 8.62. The molecule has 1 saturated heterocycles. The van der Waals surface area contributed by atoms with E-state index in [2.05, 4.69) is 15.9 Å². The quantitative estimate of drug-likeness (QED) is 0.488. The lowest BCUT2D eigenvalue weighted by atomic mass is 9.84. The highest BCUT2D eigenvalue weighted by Gasteiger charge is 2.47. The molecular formula is C19H24BrClO5. The molecule has 0 N–H and O–H groups in total. The van der Waals surface area contributed by atoms with Crippen LogP contribution in [0.15, 0.2) is 18.2 Å². The number of rotatable bonds is 5. The summed E-state index contributed by atoms with van der Waals surface area (Å²) >= 11 is 9.63. The summed E-state index contributed by atoms with van der Waals surface area (Å²) in [6.07, 6.45) is -1.22.